The first kappa shape index (κ1) is 31.5. The number of carboxylic acids is 1. The van der Waals surface area contributed by atoms with E-state index in [9.17, 15) is 36.2 Å². The number of anilines is 1. The third kappa shape index (κ3) is 6.42. The minimum Gasteiger partial charge on any atom is -0.478 e. The summed E-state index contributed by atoms with van der Waals surface area (Å²) in [6, 6.07) is 8.73. The number of carboxylic acid groups (broad SMARTS) is 1. The van der Waals surface area contributed by atoms with Crippen LogP contribution in [0.1, 0.15) is 71.7 Å². The SMILES string of the molecule is O=C(O)c1ccc(-c2csc(N3[C@@H]4CC[C@H]3C[C@@H](OCc3c(-c5ccccc5OC(F)(F)F)noc3C3CC3)C4)n2)c(C(F)(F)F)c1. The Morgan fingerprint density at radius 2 is 1.72 bits per heavy atom. The second-order valence-corrected chi connectivity index (χ2v) is 12.8. The standard InChI is InChI=1S/C32H27F6N3O5S/c33-31(34,35)24-11-17(29(42)43)7-10-21(24)25-15-47-30(39-25)41-18-8-9-19(41)13-20(12-18)44-14-23-27(40-46-28(23)16-5-6-16)22-3-1-2-4-26(22)45-32(36,37)38/h1-4,7,10-11,15-16,18-20H,5-6,8-9,12-14H2,(H,42,43)/t18-,19+,20+. The van der Waals surface area contributed by atoms with Gasteiger partial charge in [0, 0.05) is 40.1 Å². The number of thiazole rings is 1. The molecule has 4 heterocycles. The van der Waals surface area contributed by atoms with Crippen LogP contribution in [-0.2, 0) is 17.5 Å². The highest BCUT2D eigenvalue weighted by Crippen LogP contribution is 2.47. The highest BCUT2D eigenvalue weighted by molar-refractivity contribution is 7.14. The van der Waals surface area contributed by atoms with Crippen LogP contribution in [-0.4, -0.2) is 45.8 Å². The van der Waals surface area contributed by atoms with Gasteiger partial charge in [-0.15, -0.1) is 24.5 Å². The molecular formula is C32H27F6N3O5S. The van der Waals surface area contributed by atoms with Gasteiger partial charge < -0.3 is 24.0 Å². The summed E-state index contributed by atoms with van der Waals surface area (Å²) in [7, 11) is 0. The third-order valence-corrected chi connectivity index (χ3v) is 9.70. The number of hydrogen-bond acceptors (Lipinski definition) is 8. The summed E-state index contributed by atoms with van der Waals surface area (Å²) in [5.41, 5.74) is -0.590. The van der Waals surface area contributed by atoms with Crippen molar-refractivity contribution in [1.82, 2.24) is 10.1 Å². The average molecular weight is 680 g/mol. The Hall–Kier alpha value is -4.11. The van der Waals surface area contributed by atoms with Crippen molar-refractivity contribution in [2.75, 3.05) is 4.90 Å². The zero-order chi connectivity index (χ0) is 33.1. The topological polar surface area (TPSA) is 97.9 Å². The molecule has 1 aliphatic carbocycles. The van der Waals surface area contributed by atoms with Crippen LogP contribution in [0.5, 0.6) is 5.75 Å². The Morgan fingerprint density at radius 3 is 2.38 bits per heavy atom. The largest absolute Gasteiger partial charge is 0.573 e. The molecule has 0 amide bonds. The smallest absolute Gasteiger partial charge is 0.478 e. The minimum atomic E-state index is -4.88. The van der Waals surface area contributed by atoms with Crippen LogP contribution >= 0.6 is 11.3 Å². The molecule has 2 aliphatic heterocycles. The fourth-order valence-electron chi connectivity index (χ4n) is 6.63. The maximum absolute atomic E-state index is 13.9. The molecule has 248 valence electrons. The van der Waals surface area contributed by atoms with Gasteiger partial charge in [0.25, 0.3) is 0 Å². The van der Waals surface area contributed by atoms with Crippen LogP contribution in [0, 0.1) is 0 Å². The molecule has 2 aromatic carbocycles. The highest BCUT2D eigenvalue weighted by atomic mass is 32.1. The zero-order valence-electron chi connectivity index (χ0n) is 24.5. The molecule has 2 aromatic heterocycles. The van der Waals surface area contributed by atoms with Crippen LogP contribution in [0.3, 0.4) is 0 Å². The molecule has 1 saturated carbocycles. The molecule has 1 N–H and O–H groups in total. The highest BCUT2D eigenvalue weighted by Gasteiger charge is 2.44. The van der Waals surface area contributed by atoms with Crippen molar-refractivity contribution in [2.45, 2.75) is 81.8 Å². The number of para-hydroxylation sites is 1. The van der Waals surface area contributed by atoms with Gasteiger partial charge in [-0.1, -0.05) is 23.4 Å². The number of ether oxygens (including phenoxy) is 2. The van der Waals surface area contributed by atoms with Crippen molar-refractivity contribution in [3.63, 3.8) is 0 Å². The number of benzene rings is 2. The predicted molar refractivity (Wildman–Crippen MR) is 157 cm³/mol. The lowest BCUT2D eigenvalue weighted by molar-refractivity contribution is -0.274. The summed E-state index contributed by atoms with van der Waals surface area (Å²) in [6.45, 7) is 0.0864. The van der Waals surface area contributed by atoms with E-state index in [4.69, 9.17) is 9.26 Å². The molecule has 15 heteroatoms. The predicted octanol–water partition coefficient (Wildman–Crippen LogP) is 8.67. The molecule has 2 bridgehead atoms. The maximum atomic E-state index is 13.9. The first-order valence-electron chi connectivity index (χ1n) is 15.0. The van der Waals surface area contributed by atoms with Gasteiger partial charge in [-0.05, 0) is 62.8 Å². The van der Waals surface area contributed by atoms with Crippen molar-refractivity contribution in [3.05, 3.63) is 70.3 Å². The molecule has 0 spiro atoms. The van der Waals surface area contributed by atoms with Gasteiger partial charge in [0.05, 0.1) is 29.5 Å². The third-order valence-electron chi connectivity index (χ3n) is 8.85. The van der Waals surface area contributed by atoms with E-state index >= 15 is 0 Å². The van der Waals surface area contributed by atoms with Crippen molar-refractivity contribution in [2.24, 2.45) is 0 Å². The van der Waals surface area contributed by atoms with E-state index in [0.29, 0.717) is 35.4 Å². The first-order valence-corrected chi connectivity index (χ1v) is 15.9. The van der Waals surface area contributed by atoms with Gasteiger partial charge in [-0.3, -0.25) is 0 Å². The van der Waals surface area contributed by atoms with E-state index in [1.165, 1.54) is 29.5 Å². The van der Waals surface area contributed by atoms with Gasteiger partial charge in [0.15, 0.2) is 5.13 Å². The Morgan fingerprint density at radius 1 is 1.00 bits per heavy atom. The molecule has 4 aromatic rings. The Labute approximate surface area is 267 Å². The van der Waals surface area contributed by atoms with E-state index in [0.717, 1.165) is 37.8 Å². The summed E-state index contributed by atoms with van der Waals surface area (Å²) in [6.07, 6.45) is -5.13. The van der Waals surface area contributed by atoms with Crippen molar-refractivity contribution < 1.29 is 50.2 Å². The molecule has 3 aliphatic rings. The number of carbonyl (C=O) groups is 1. The van der Waals surface area contributed by atoms with Gasteiger partial charge in [-0.25, -0.2) is 9.78 Å². The molecule has 0 radical (unpaired) electrons. The maximum Gasteiger partial charge on any atom is 0.573 e. The van der Waals surface area contributed by atoms with Crippen LogP contribution < -0.4 is 9.64 Å². The fourth-order valence-corrected chi connectivity index (χ4v) is 7.60. The normalized spacial score (nSPS) is 21.3. The first-order chi connectivity index (χ1) is 22.4. The lowest BCUT2D eigenvalue weighted by Gasteiger charge is -2.38. The van der Waals surface area contributed by atoms with E-state index < -0.39 is 29.6 Å². The van der Waals surface area contributed by atoms with E-state index in [1.807, 2.05) is 0 Å². The summed E-state index contributed by atoms with van der Waals surface area (Å²) in [4.78, 5) is 18.0. The molecule has 7 rings (SSSR count). The number of nitrogens with zero attached hydrogens (tertiary/aromatic N) is 3. The summed E-state index contributed by atoms with van der Waals surface area (Å²) in [5.74, 6) is -1.11. The number of rotatable bonds is 9. The van der Waals surface area contributed by atoms with Crippen LogP contribution in [0.25, 0.3) is 22.5 Å². The second-order valence-electron chi connectivity index (χ2n) is 12.0. The molecular weight excluding hydrogens is 652 g/mol. The number of halogens is 6. The van der Waals surface area contributed by atoms with Gasteiger partial charge in [0.1, 0.15) is 17.2 Å². The number of hydrogen-bond donors (Lipinski definition) is 1. The minimum absolute atomic E-state index is 0.0278. The monoisotopic (exact) mass is 679 g/mol. The average Bonchev–Trinajstić information content (AvgIpc) is 3.47. The lowest BCUT2D eigenvalue weighted by atomic mass is 9.99. The molecule has 3 fully saturated rings. The number of aromatic carboxylic acids is 1. The summed E-state index contributed by atoms with van der Waals surface area (Å²) in [5, 5.41) is 15.5. The summed E-state index contributed by atoms with van der Waals surface area (Å²) < 4.78 is 97.3. The Bertz CT molecular complexity index is 1790. The Balaban J connectivity index is 1.08. The van der Waals surface area contributed by atoms with E-state index in [-0.39, 0.29) is 59.0 Å². The van der Waals surface area contributed by atoms with Crippen LogP contribution in [0.15, 0.2) is 52.4 Å². The Kier molecular flexibility index (Phi) is 7.94. The summed E-state index contributed by atoms with van der Waals surface area (Å²) >= 11 is 1.24. The van der Waals surface area contributed by atoms with Crippen molar-refractivity contribution >= 4 is 22.4 Å². The molecule has 0 unspecified atom stereocenters. The van der Waals surface area contributed by atoms with E-state index in [1.54, 1.807) is 11.4 Å². The molecule has 47 heavy (non-hydrogen) atoms. The molecule has 3 atom stereocenters. The van der Waals surface area contributed by atoms with Gasteiger partial charge >= 0.3 is 18.5 Å². The molecule has 2 saturated heterocycles. The number of alkyl halides is 6. The van der Waals surface area contributed by atoms with Gasteiger partial charge in [-0.2, -0.15) is 13.2 Å². The van der Waals surface area contributed by atoms with E-state index in [2.05, 4.69) is 19.8 Å². The molecule has 8 nitrogen and oxygen atoms in total. The number of piperidine rings is 1. The van der Waals surface area contributed by atoms with Crippen molar-refractivity contribution in [3.8, 4) is 28.3 Å². The van der Waals surface area contributed by atoms with Crippen molar-refractivity contribution in [1.29, 1.82) is 0 Å². The lowest BCUT2D eigenvalue weighted by Crippen LogP contribution is -2.45. The number of aromatic nitrogens is 2. The van der Waals surface area contributed by atoms with Crippen LogP contribution in [0.4, 0.5) is 31.5 Å². The number of fused-ring (bicyclic) bond motifs is 2. The quantitative estimate of drug-likeness (QED) is 0.176. The van der Waals surface area contributed by atoms with Gasteiger partial charge in [0.2, 0.25) is 0 Å². The fraction of sp³-hybridized carbons (Fsp3) is 0.406. The zero-order valence-corrected chi connectivity index (χ0v) is 25.3. The van der Waals surface area contributed by atoms with Crippen LogP contribution in [0.2, 0.25) is 0 Å². The second kappa shape index (κ2) is 11.8.